The van der Waals surface area contributed by atoms with Crippen LogP contribution >= 0.6 is 0 Å². The normalized spacial score (nSPS) is 33.0. The van der Waals surface area contributed by atoms with Gasteiger partial charge in [-0.05, 0) is 63.2 Å². The minimum atomic E-state index is 0.0152. The van der Waals surface area contributed by atoms with Crippen molar-refractivity contribution in [2.75, 3.05) is 33.9 Å². The molecule has 0 spiro atoms. The first kappa shape index (κ1) is 16.3. The van der Waals surface area contributed by atoms with Gasteiger partial charge in [0, 0.05) is 27.3 Å². The lowest BCUT2D eigenvalue weighted by Gasteiger charge is -2.40. The quantitative estimate of drug-likeness (QED) is 0.659. The number of methoxy groups -OCH3 is 2. The first-order valence-corrected chi connectivity index (χ1v) is 8.26. The van der Waals surface area contributed by atoms with Crippen molar-refractivity contribution in [3.05, 3.63) is 0 Å². The fourth-order valence-corrected chi connectivity index (χ4v) is 4.33. The predicted molar refractivity (Wildman–Crippen MR) is 82.9 cm³/mol. The van der Waals surface area contributed by atoms with Crippen LogP contribution in [0.15, 0.2) is 0 Å². The van der Waals surface area contributed by atoms with Crippen LogP contribution in [0, 0.1) is 17.3 Å². The standard InChI is InChI=1S/C17H33NO2/c1-16(2,20-4)7-8-17(13-18-9-10-19-3)12-14-5-6-15(17)11-14/h14-15,18H,5-13H2,1-4H3. The molecule has 2 aliphatic rings. The third-order valence-electron chi connectivity index (χ3n) is 5.84. The van der Waals surface area contributed by atoms with Gasteiger partial charge in [-0.3, -0.25) is 0 Å². The van der Waals surface area contributed by atoms with Gasteiger partial charge in [0.15, 0.2) is 0 Å². The molecule has 1 N–H and O–H groups in total. The summed E-state index contributed by atoms with van der Waals surface area (Å²) < 4.78 is 10.8. The van der Waals surface area contributed by atoms with Gasteiger partial charge in [0.2, 0.25) is 0 Å². The molecule has 3 heteroatoms. The number of rotatable bonds is 9. The van der Waals surface area contributed by atoms with Gasteiger partial charge in [-0.25, -0.2) is 0 Å². The molecule has 0 amide bonds. The zero-order valence-corrected chi connectivity index (χ0v) is 13.8. The summed E-state index contributed by atoms with van der Waals surface area (Å²) in [6, 6.07) is 0. The van der Waals surface area contributed by atoms with E-state index in [4.69, 9.17) is 9.47 Å². The zero-order valence-electron chi connectivity index (χ0n) is 13.8. The van der Waals surface area contributed by atoms with Gasteiger partial charge < -0.3 is 14.8 Å². The lowest BCUT2D eigenvalue weighted by Crippen LogP contribution is -2.41. The van der Waals surface area contributed by atoms with Crippen LogP contribution in [0.1, 0.15) is 52.4 Å². The predicted octanol–water partition coefficient (Wildman–Crippen LogP) is 3.23. The highest BCUT2D eigenvalue weighted by Gasteiger charge is 2.50. The summed E-state index contributed by atoms with van der Waals surface area (Å²) in [6.07, 6.45) is 8.28. The summed E-state index contributed by atoms with van der Waals surface area (Å²) in [5.41, 5.74) is 0.536. The Balaban J connectivity index is 1.91. The largest absolute Gasteiger partial charge is 0.383 e. The smallest absolute Gasteiger partial charge is 0.0623 e. The van der Waals surface area contributed by atoms with Crippen molar-refractivity contribution >= 4 is 0 Å². The van der Waals surface area contributed by atoms with E-state index in [1.165, 1.54) is 38.5 Å². The molecule has 2 aliphatic carbocycles. The molecule has 0 aromatic heterocycles. The van der Waals surface area contributed by atoms with Gasteiger partial charge in [-0.2, -0.15) is 0 Å². The molecule has 20 heavy (non-hydrogen) atoms. The Bertz CT molecular complexity index is 305. The Kier molecular flexibility index (Phi) is 5.49. The molecule has 2 bridgehead atoms. The third kappa shape index (κ3) is 3.75. The van der Waals surface area contributed by atoms with Gasteiger partial charge >= 0.3 is 0 Å². The number of ether oxygens (including phenoxy) is 2. The maximum absolute atomic E-state index is 5.63. The van der Waals surface area contributed by atoms with Crippen LogP contribution in [0.25, 0.3) is 0 Å². The van der Waals surface area contributed by atoms with E-state index in [0.29, 0.717) is 5.41 Å². The average Bonchev–Trinajstić information content (AvgIpc) is 3.03. The molecule has 2 saturated carbocycles. The third-order valence-corrected chi connectivity index (χ3v) is 5.84. The van der Waals surface area contributed by atoms with E-state index in [1.807, 2.05) is 7.11 Å². The minimum Gasteiger partial charge on any atom is -0.383 e. The fraction of sp³-hybridized carbons (Fsp3) is 1.00. The second-order valence-electron chi connectivity index (χ2n) is 7.58. The van der Waals surface area contributed by atoms with E-state index in [9.17, 15) is 0 Å². The van der Waals surface area contributed by atoms with Gasteiger partial charge in [-0.15, -0.1) is 0 Å². The summed E-state index contributed by atoms with van der Waals surface area (Å²) in [7, 11) is 3.61. The molecule has 0 aliphatic heterocycles. The molecule has 0 aromatic rings. The Morgan fingerprint density at radius 2 is 2.05 bits per heavy atom. The molecule has 0 saturated heterocycles. The highest BCUT2D eigenvalue weighted by Crippen LogP contribution is 2.58. The monoisotopic (exact) mass is 283 g/mol. The van der Waals surface area contributed by atoms with Crippen molar-refractivity contribution in [1.29, 1.82) is 0 Å². The maximum Gasteiger partial charge on any atom is 0.0623 e. The Labute approximate surface area is 124 Å². The van der Waals surface area contributed by atoms with Crippen LogP contribution in [-0.4, -0.2) is 39.5 Å². The molecule has 3 atom stereocenters. The van der Waals surface area contributed by atoms with Crippen LogP contribution in [-0.2, 0) is 9.47 Å². The van der Waals surface area contributed by atoms with Crippen molar-refractivity contribution < 1.29 is 9.47 Å². The molecule has 3 nitrogen and oxygen atoms in total. The second-order valence-corrected chi connectivity index (χ2v) is 7.58. The summed E-state index contributed by atoms with van der Waals surface area (Å²) in [6.45, 7) is 7.38. The molecule has 3 unspecified atom stereocenters. The van der Waals surface area contributed by atoms with E-state index in [1.54, 1.807) is 7.11 Å². The van der Waals surface area contributed by atoms with Gasteiger partial charge in [-0.1, -0.05) is 6.42 Å². The molecule has 118 valence electrons. The lowest BCUT2D eigenvalue weighted by atomic mass is 9.69. The molecule has 0 radical (unpaired) electrons. The highest BCUT2D eigenvalue weighted by atomic mass is 16.5. The number of hydrogen-bond donors (Lipinski definition) is 1. The minimum absolute atomic E-state index is 0.0152. The molecule has 0 aromatic carbocycles. The number of hydrogen-bond acceptors (Lipinski definition) is 3. The SMILES string of the molecule is COCCNCC1(CCC(C)(C)OC)CC2CCC1C2. The van der Waals surface area contributed by atoms with Crippen LogP contribution in [0.2, 0.25) is 0 Å². The first-order chi connectivity index (χ1) is 9.51. The van der Waals surface area contributed by atoms with Crippen molar-refractivity contribution in [2.24, 2.45) is 17.3 Å². The molecule has 0 heterocycles. The lowest BCUT2D eigenvalue weighted by molar-refractivity contribution is -0.00364. The van der Waals surface area contributed by atoms with Crippen LogP contribution in [0.5, 0.6) is 0 Å². The van der Waals surface area contributed by atoms with Crippen molar-refractivity contribution in [2.45, 2.75) is 58.0 Å². The van der Waals surface area contributed by atoms with Crippen LogP contribution in [0.4, 0.5) is 0 Å². The molecular formula is C17H33NO2. The highest BCUT2D eigenvalue weighted by molar-refractivity contribution is 5.02. The van der Waals surface area contributed by atoms with Crippen LogP contribution < -0.4 is 5.32 Å². The summed E-state index contributed by atoms with van der Waals surface area (Å²) in [4.78, 5) is 0. The van der Waals surface area contributed by atoms with Crippen molar-refractivity contribution in [3.63, 3.8) is 0 Å². The Hall–Kier alpha value is -0.120. The van der Waals surface area contributed by atoms with Gasteiger partial charge in [0.25, 0.3) is 0 Å². The van der Waals surface area contributed by atoms with E-state index >= 15 is 0 Å². The summed E-state index contributed by atoms with van der Waals surface area (Å²) in [5, 5.41) is 3.64. The first-order valence-electron chi connectivity index (χ1n) is 8.26. The zero-order chi connectivity index (χ0) is 14.6. The van der Waals surface area contributed by atoms with Crippen molar-refractivity contribution in [3.8, 4) is 0 Å². The fourth-order valence-electron chi connectivity index (χ4n) is 4.33. The van der Waals surface area contributed by atoms with Crippen LogP contribution in [0.3, 0.4) is 0 Å². The van der Waals surface area contributed by atoms with Gasteiger partial charge in [0.1, 0.15) is 0 Å². The number of fused-ring (bicyclic) bond motifs is 2. The van der Waals surface area contributed by atoms with E-state index in [2.05, 4.69) is 19.2 Å². The van der Waals surface area contributed by atoms with E-state index in [0.717, 1.165) is 31.5 Å². The molecule has 2 rings (SSSR count). The summed E-state index contributed by atoms with van der Waals surface area (Å²) in [5.74, 6) is 1.94. The summed E-state index contributed by atoms with van der Waals surface area (Å²) >= 11 is 0. The molecular weight excluding hydrogens is 250 g/mol. The van der Waals surface area contributed by atoms with Crippen molar-refractivity contribution in [1.82, 2.24) is 5.32 Å². The Morgan fingerprint density at radius 1 is 1.25 bits per heavy atom. The average molecular weight is 283 g/mol. The van der Waals surface area contributed by atoms with E-state index < -0.39 is 0 Å². The second kappa shape index (κ2) is 6.76. The molecule has 2 fully saturated rings. The maximum atomic E-state index is 5.63. The number of nitrogens with one attached hydrogen (secondary N) is 1. The van der Waals surface area contributed by atoms with E-state index in [-0.39, 0.29) is 5.60 Å². The Morgan fingerprint density at radius 3 is 2.60 bits per heavy atom. The van der Waals surface area contributed by atoms with Gasteiger partial charge in [0.05, 0.1) is 12.2 Å². The topological polar surface area (TPSA) is 30.5 Å².